The van der Waals surface area contributed by atoms with E-state index in [-0.39, 0.29) is 13.4 Å². The van der Waals surface area contributed by atoms with Crippen LogP contribution in [0.2, 0.25) is 10.0 Å². The van der Waals surface area contributed by atoms with Crippen molar-refractivity contribution in [2.24, 2.45) is 10.9 Å². The number of rotatable bonds is 13. The van der Waals surface area contributed by atoms with Gasteiger partial charge in [-0.3, -0.25) is 15.6 Å². The lowest BCUT2D eigenvalue weighted by Gasteiger charge is -2.05. The second-order valence-corrected chi connectivity index (χ2v) is 13.6. The summed E-state index contributed by atoms with van der Waals surface area (Å²) in [7, 11) is 0. The van der Waals surface area contributed by atoms with Crippen LogP contribution in [0.1, 0.15) is 70.8 Å². The highest BCUT2D eigenvalue weighted by atomic mass is 35.5. The number of ether oxygens (including phenoxy) is 2. The van der Waals surface area contributed by atoms with Crippen LogP contribution in [0.15, 0.2) is 113 Å². The van der Waals surface area contributed by atoms with Crippen LogP contribution in [-0.4, -0.2) is 47.6 Å². The number of anilines is 2. The Morgan fingerprint density at radius 1 is 0.714 bits per heavy atom. The van der Waals surface area contributed by atoms with E-state index in [1.54, 1.807) is 42.6 Å². The number of carbonyl (C=O) groups excluding carboxylic acids is 3. The molecule has 0 saturated heterocycles. The first-order valence-corrected chi connectivity index (χ1v) is 19.4. The molecule has 0 radical (unpaired) electrons. The van der Waals surface area contributed by atoms with E-state index in [1.165, 1.54) is 22.7 Å². The van der Waals surface area contributed by atoms with Crippen molar-refractivity contribution in [3.8, 4) is 22.5 Å². The number of benzene rings is 4. The van der Waals surface area contributed by atoms with Gasteiger partial charge in [-0.25, -0.2) is 25.4 Å². The largest absolute Gasteiger partial charge is 0.462 e. The number of hydrogen-bond acceptors (Lipinski definition) is 13. The molecule has 292 valence electrons. The predicted molar refractivity (Wildman–Crippen MR) is 230 cm³/mol. The first-order valence-electron chi connectivity index (χ1n) is 16.9. The monoisotopic (exact) mass is 832 g/mol. The molecule has 4 N–H and O–H groups in total. The minimum absolute atomic E-state index is 0. The standard InChI is InChI=1S/C20H18ClN3O2S.C11H12O3.C9H8ClN3S.CH4/c1-2-11-26-19(25)15-8-4-3-7-14(15)12-22-24-20-23-18(13-27-20)16-9-5-6-10-17(16)21;1-2-7-14-11(13)10-6-4-3-5-9(10)8-12;10-7-4-2-1-3-6(7)8-5-14-9(12-8)13-11;/h3-10,12-13H,2,11H2,1H3,(H,23,24);3-6,8H,2,7H2,1H3;1-5H,11H2,(H,12,13);1H4/b22-12+;;;. The molecule has 0 amide bonds. The highest BCUT2D eigenvalue weighted by Crippen LogP contribution is 2.31. The Morgan fingerprint density at radius 3 is 1.64 bits per heavy atom. The number of hydrazone groups is 1. The third-order valence-corrected chi connectivity index (χ3v) is 9.34. The van der Waals surface area contributed by atoms with E-state index < -0.39 is 5.97 Å². The molecule has 0 unspecified atom stereocenters. The van der Waals surface area contributed by atoms with E-state index in [0.29, 0.717) is 62.1 Å². The van der Waals surface area contributed by atoms with Crippen LogP contribution in [0.3, 0.4) is 0 Å². The van der Waals surface area contributed by atoms with Crippen LogP contribution in [0.5, 0.6) is 0 Å². The molecule has 56 heavy (non-hydrogen) atoms. The van der Waals surface area contributed by atoms with Crippen molar-refractivity contribution in [2.75, 3.05) is 24.1 Å². The molecule has 11 nitrogen and oxygen atoms in total. The third kappa shape index (κ3) is 13.4. The summed E-state index contributed by atoms with van der Waals surface area (Å²) in [5.74, 6) is 4.46. The van der Waals surface area contributed by atoms with Gasteiger partial charge in [-0.1, -0.05) is 117 Å². The minimum atomic E-state index is -0.436. The molecule has 0 saturated carbocycles. The molecule has 4 aromatic carbocycles. The first-order chi connectivity index (χ1) is 26.8. The molecule has 2 aromatic heterocycles. The van der Waals surface area contributed by atoms with Gasteiger partial charge >= 0.3 is 11.9 Å². The lowest BCUT2D eigenvalue weighted by Crippen LogP contribution is -2.09. The molecule has 15 heteroatoms. The van der Waals surface area contributed by atoms with E-state index in [1.807, 2.05) is 85.3 Å². The number of thiazole rings is 2. The lowest BCUT2D eigenvalue weighted by atomic mass is 10.1. The number of nitrogens with one attached hydrogen (secondary N) is 2. The molecule has 0 aliphatic carbocycles. The summed E-state index contributed by atoms with van der Waals surface area (Å²) in [5.41, 5.74) is 10.7. The molecule has 0 aliphatic rings. The highest BCUT2D eigenvalue weighted by Gasteiger charge is 2.12. The summed E-state index contributed by atoms with van der Waals surface area (Å²) in [6.45, 7) is 4.65. The Kier molecular flexibility index (Phi) is 19.4. The number of halogens is 2. The average molecular weight is 834 g/mol. The summed E-state index contributed by atoms with van der Waals surface area (Å²) >= 11 is 15.1. The number of hydrazine groups is 1. The SMILES string of the molecule is C.CCCOC(=O)c1ccccc1/C=N/Nc1nc(-c2ccccc2Cl)cs1.CCCOC(=O)c1ccccc1C=O.NNc1nc(-c2ccccc2Cl)cs1. The second-order valence-electron chi connectivity index (χ2n) is 11.1. The van der Waals surface area contributed by atoms with Gasteiger partial charge in [0, 0.05) is 43.1 Å². The maximum Gasteiger partial charge on any atom is 0.338 e. The van der Waals surface area contributed by atoms with Gasteiger partial charge in [0.15, 0.2) is 11.4 Å². The quantitative estimate of drug-likeness (QED) is 0.0336. The van der Waals surface area contributed by atoms with Gasteiger partial charge in [-0.15, -0.1) is 22.7 Å². The third-order valence-electron chi connectivity index (χ3n) is 7.16. The van der Waals surface area contributed by atoms with E-state index in [0.717, 1.165) is 35.4 Å². The molecule has 0 atom stereocenters. The zero-order valence-corrected chi connectivity index (χ0v) is 33.1. The molecule has 6 rings (SSSR count). The van der Waals surface area contributed by atoms with Crippen LogP contribution in [0, 0.1) is 0 Å². The van der Waals surface area contributed by atoms with Gasteiger partial charge in [0.05, 0.1) is 41.9 Å². The fraction of sp³-hybridized carbons (Fsp3) is 0.171. The fourth-order valence-electron chi connectivity index (χ4n) is 4.53. The van der Waals surface area contributed by atoms with Crippen LogP contribution >= 0.6 is 45.9 Å². The summed E-state index contributed by atoms with van der Waals surface area (Å²) in [4.78, 5) is 42.9. The van der Waals surface area contributed by atoms with Gasteiger partial charge < -0.3 is 9.47 Å². The Morgan fingerprint density at radius 2 is 1.16 bits per heavy atom. The van der Waals surface area contributed by atoms with E-state index in [4.69, 9.17) is 38.5 Å². The van der Waals surface area contributed by atoms with Crippen LogP contribution < -0.4 is 16.7 Å². The number of carbonyl (C=O) groups is 3. The van der Waals surface area contributed by atoms with Crippen molar-refractivity contribution in [2.45, 2.75) is 34.1 Å². The zero-order valence-electron chi connectivity index (χ0n) is 29.9. The number of esters is 2. The minimum Gasteiger partial charge on any atom is -0.462 e. The van der Waals surface area contributed by atoms with E-state index in [2.05, 4.69) is 25.9 Å². The Hall–Kier alpha value is -5.44. The first kappa shape index (κ1) is 45.0. The molecular weight excluding hydrogens is 792 g/mol. The normalized spacial score (nSPS) is 10.2. The lowest BCUT2D eigenvalue weighted by molar-refractivity contribution is 0.0495. The van der Waals surface area contributed by atoms with Gasteiger partial charge in [0.25, 0.3) is 0 Å². The molecular formula is C41H42Cl2N6O5S2. The maximum atomic E-state index is 12.1. The predicted octanol–water partition coefficient (Wildman–Crippen LogP) is 10.9. The second kappa shape index (κ2) is 24.2. The summed E-state index contributed by atoms with van der Waals surface area (Å²) < 4.78 is 10.1. The van der Waals surface area contributed by atoms with Crippen molar-refractivity contribution >= 4 is 80.6 Å². The van der Waals surface area contributed by atoms with Crippen LogP contribution in [0.25, 0.3) is 22.5 Å². The maximum absolute atomic E-state index is 12.1. The summed E-state index contributed by atoms with van der Waals surface area (Å²) in [6.07, 6.45) is 3.79. The Labute approximate surface area is 344 Å². The van der Waals surface area contributed by atoms with Gasteiger partial charge in [-0.2, -0.15) is 5.10 Å². The van der Waals surface area contributed by atoms with Gasteiger partial charge in [0.2, 0.25) is 5.13 Å². The van der Waals surface area contributed by atoms with E-state index in [9.17, 15) is 14.4 Å². The zero-order chi connectivity index (χ0) is 39.4. The number of aldehydes is 1. The van der Waals surface area contributed by atoms with Crippen LogP contribution in [-0.2, 0) is 9.47 Å². The van der Waals surface area contributed by atoms with Crippen molar-refractivity contribution in [1.82, 2.24) is 9.97 Å². The molecule has 0 aliphatic heterocycles. The molecule has 0 fully saturated rings. The average Bonchev–Trinajstić information content (AvgIpc) is 3.90. The van der Waals surface area contributed by atoms with Crippen molar-refractivity contribution in [3.05, 3.63) is 140 Å². The van der Waals surface area contributed by atoms with Gasteiger partial charge in [-0.05, 0) is 37.1 Å². The van der Waals surface area contributed by atoms with Gasteiger partial charge in [0.1, 0.15) is 0 Å². The fourth-order valence-corrected chi connectivity index (χ4v) is 6.28. The molecule has 0 bridgehead atoms. The molecule has 0 spiro atoms. The summed E-state index contributed by atoms with van der Waals surface area (Å²) in [6, 6.07) is 28.9. The highest BCUT2D eigenvalue weighted by molar-refractivity contribution is 7.14. The molecule has 2 heterocycles. The number of nitrogen functional groups attached to an aromatic ring is 1. The van der Waals surface area contributed by atoms with Crippen molar-refractivity contribution < 1.29 is 23.9 Å². The topological polar surface area (TPSA) is 158 Å². The Bertz CT molecular complexity index is 2190. The van der Waals surface area contributed by atoms with E-state index >= 15 is 0 Å². The molecule has 6 aromatic rings. The van der Waals surface area contributed by atoms with Crippen LogP contribution in [0.4, 0.5) is 10.3 Å². The van der Waals surface area contributed by atoms with Crippen molar-refractivity contribution in [3.63, 3.8) is 0 Å². The number of nitrogens with two attached hydrogens (primary N) is 1. The smallest absolute Gasteiger partial charge is 0.338 e. The Balaban J connectivity index is 0.000000245. The summed E-state index contributed by atoms with van der Waals surface area (Å²) in [5, 5.41) is 10.7. The number of nitrogens with zero attached hydrogens (tertiary/aromatic N) is 3. The number of hydrogen-bond donors (Lipinski definition) is 3. The van der Waals surface area contributed by atoms with Crippen molar-refractivity contribution in [1.29, 1.82) is 0 Å². The number of aromatic nitrogens is 2.